The van der Waals surface area contributed by atoms with E-state index in [0.717, 1.165) is 5.56 Å². The Kier molecular flexibility index (Phi) is 5.30. The molecule has 18 heavy (non-hydrogen) atoms. The third-order valence-electron chi connectivity index (χ3n) is 3.55. The Morgan fingerprint density at radius 1 is 1.11 bits per heavy atom. The SMILES string of the molecule is CCCC(C#Cc1ccccc1)N1CCCCC1. The summed E-state index contributed by atoms with van der Waals surface area (Å²) in [5, 5.41) is 0. The van der Waals surface area contributed by atoms with Gasteiger partial charge >= 0.3 is 0 Å². The van der Waals surface area contributed by atoms with Crippen molar-refractivity contribution in [3.05, 3.63) is 35.9 Å². The molecule has 1 aliphatic heterocycles. The van der Waals surface area contributed by atoms with E-state index in [0.29, 0.717) is 6.04 Å². The molecule has 1 aromatic rings. The lowest BCUT2D eigenvalue weighted by Crippen LogP contribution is -2.38. The summed E-state index contributed by atoms with van der Waals surface area (Å²) in [6, 6.07) is 10.8. The molecule has 1 aromatic carbocycles. The summed E-state index contributed by atoms with van der Waals surface area (Å²) in [5.41, 5.74) is 1.13. The van der Waals surface area contributed by atoms with Gasteiger partial charge in [-0.25, -0.2) is 0 Å². The first-order chi connectivity index (χ1) is 8.90. The van der Waals surface area contributed by atoms with Crippen LogP contribution in [-0.2, 0) is 0 Å². The van der Waals surface area contributed by atoms with Gasteiger partial charge in [0.1, 0.15) is 0 Å². The molecule has 0 aliphatic carbocycles. The minimum atomic E-state index is 0.454. The first-order valence-electron chi connectivity index (χ1n) is 7.21. The Labute approximate surface area is 111 Å². The topological polar surface area (TPSA) is 3.24 Å². The Morgan fingerprint density at radius 2 is 1.83 bits per heavy atom. The molecule has 1 saturated heterocycles. The van der Waals surface area contributed by atoms with E-state index in [2.05, 4.69) is 47.9 Å². The van der Waals surface area contributed by atoms with Crippen LogP contribution in [0.5, 0.6) is 0 Å². The predicted octanol–water partition coefficient (Wildman–Crippen LogP) is 3.69. The highest BCUT2D eigenvalue weighted by atomic mass is 15.1. The molecule has 0 bridgehead atoms. The van der Waals surface area contributed by atoms with Gasteiger partial charge in [0, 0.05) is 5.56 Å². The van der Waals surface area contributed by atoms with Crippen LogP contribution in [0.3, 0.4) is 0 Å². The summed E-state index contributed by atoms with van der Waals surface area (Å²) in [7, 11) is 0. The van der Waals surface area contributed by atoms with E-state index in [1.165, 1.54) is 45.2 Å². The molecule has 1 aliphatic rings. The molecule has 0 aromatic heterocycles. The molecule has 0 amide bonds. The second-order valence-electron chi connectivity index (χ2n) is 5.04. The Morgan fingerprint density at radius 3 is 2.50 bits per heavy atom. The van der Waals surface area contributed by atoms with Crippen molar-refractivity contribution in [3.63, 3.8) is 0 Å². The molecule has 1 atom stereocenters. The van der Waals surface area contributed by atoms with Crippen molar-refractivity contribution in [1.82, 2.24) is 4.90 Å². The van der Waals surface area contributed by atoms with Gasteiger partial charge in [0.25, 0.3) is 0 Å². The van der Waals surface area contributed by atoms with Crippen LogP contribution in [0.2, 0.25) is 0 Å². The van der Waals surface area contributed by atoms with Gasteiger partial charge in [-0.15, -0.1) is 0 Å². The van der Waals surface area contributed by atoms with Crippen molar-refractivity contribution in [2.75, 3.05) is 13.1 Å². The number of hydrogen-bond acceptors (Lipinski definition) is 1. The zero-order valence-electron chi connectivity index (χ0n) is 11.4. The zero-order chi connectivity index (χ0) is 12.6. The van der Waals surface area contributed by atoms with Gasteiger partial charge in [-0.2, -0.15) is 0 Å². The molecule has 0 N–H and O–H groups in total. The van der Waals surface area contributed by atoms with Crippen molar-refractivity contribution in [2.45, 2.75) is 45.1 Å². The average molecular weight is 241 g/mol. The molecule has 1 fully saturated rings. The number of hydrogen-bond donors (Lipinski definition) is 0. The predicted molar refractivity (Wildman–Crippen MR) is 77.4 cm³/mol. The van der Waals surface area contributed by atoms with Gasteiger partial charge in [0.15, 0.2) is 0 Å². The van der Waals surface area contributed by atoms with E-state index in [9.17, 15) is 0 Å². The number of rotatable bonds is 3. The molecule has 0 saturated carbocycles. The lowest BCUT2D eigenvalue weighted by atomic mass is 10.0. The summed E-state index contributed by atoms with van der Waals surface area (Å²) in [6.45, 7) is 4.71. The average Bonchev–Trinajstić information content (AvgIpc) is 2.45. The van der Waals surface area contributed by atoms with Gasteiger partial charge in [-0.3, -0.25) is 4.90 Å². The normalized spacial score (nSPS) is 17.8. The Balaban J connectivity index is 2.03. The van der Waals surface area contributed by atoms with Gasteiger partial charge in [-0.1, -0.05) is 49.8 Å². The fourth-order valence-electron chi connectivity index (χ4n) is 2.54. The summed E-state index contributed by atoms with van der Waals surface area (Å²) in [5.74, 6) is 6.82. The van der Waals surface area contributed by atoms with E-state index < -0.39 is 0 Å². The van der Waals surface area contributed by atoms with Crippen LogP contribution in [0.15, 0.2) is 30.3 Å². The fraction of sp³-hybridized carbons (Fsp3) is 0.529. The number of nitrogens with zero attached hydrogens (tertiary/aromatic N) is 1. The van der Waals surface area contributed by atoms with Gasteiger partial charge in [0.05, 0.1) is 6.04 Å². The first kappa shape index (κ1) is 13.2. The van der Waals surface area contributed by atoms with Gasteiger partial charge in [-0.05, 0) is 44.5 Å². The Hall–Kier alpha value is -1.26. The largest absolute Gasteiger partial charge is 0.290 e. The van der Waals surface area contributed by atoms with E-state index in [4.69, 9.17) is 0 Å². The summed E-state index contributed by atoms with van der Waals surface area (Å²) in [6.07, 6.45) is 6.48. The summed E-state index contributed by atoms with van der Waals surface area (Å²) in [4.78, 5) is 2.57. The van der Waals surface area contributed by atoms with Crippen molar-refractivity contribution in [1.29, 1.82) is 0 Å². The third-order valence-corrected chi connectivity index (χ3v) is 3.55. The van der Waals surface area contributed by atoms with E-state index in [1.54, 1.807) is 0 Å². The van der Waals surface area contributed by atoms with Crippen molar-refractivity contribution in [3.8, 4) is 11.8 Å². The van der Waals surface area contributed by atoms with Crippen LogP contribution < -0.4 is 0 Å². The molecule has 1 nitrogen and oxygen atoms in total. The summed E-state index contributed by atoms with van der Waals surface area (Å²) >= 11 is 0. The van der Waals surface area contributed by atoms with Gasteiger partial charge in [0.2, 0.25) is 0 Å². The maximum absolute atomic E-state index is 3.48. The molecular formula is C17H23N. The van der Waals surface area contributed by atoms with Crippen LogP contribution in [0.25, 0.3) is 0 Å². The minimum Gasteiger partial charge on any atom is -0.290 e. The molecule has 96 valence electrons. The highest BCUT2D eigenvalue weighted by molar-refractivity contribution is 5.34. The summed E-state index contributed by atoms with van der Waals surface area (Å²) < 4.78 is 0. The van der Waals surface area contributed by atoms with E-state index in [1.807, 2.05) is 6.07 Å². The van der Waals surface area contributed by atoms with Crippen molar-refractivity contribution < 1.29 is 0 Å². The Bertz CT molecular complexity index is 393. The molecular weight excluding hydrogens is 218 g/mol. The maximum atomic E-state index is 3.48. The number of piperidine rings is 1. The van der Waals surface area contributed by atoms with Crippen molar-refractivity contribution >= 4 is 0 Å². The second kappa shape index (κ2) is 7.24. The molecule has 2 rings (SSSR count). The minimum absolute atomic E-state index is 0.454. The van der Waals surface area contributed by atoms with E-state index >= 15 is 0 Å². The molecule has 1 heterocycles. The van der Waals surface area contributed by atoms with Gasteiger partial charge < -0.3 is 0 Å². The van der Waals surface area contributed by atoms with E-state index in [-0.39, 0.29) is 0 Å². The zero-order valence-corrected chi connectivity index (χ0v) is 11.4. The number of likely N-dealkylation sites (tertiary alicyclic amines) is 1. The molecule has 1 unspecified atom stereocenters. The first-order valence-corrected chi connectivity index (χ1v) is 7.21. The van der Waals surface area contributed by atoms with Crippen LogP contribution in [-0.4, -0.2) is 24.0 Å². The standard InChI is InChI=1S/C17H23N/c1-2-9-17(18-14-7-4-8-15-18)13-12-16-10-5-3-6-11-16/h3,5-6,10-11,17H,2,4,7-9,14-15H2,1H3. The third kappa shape index (κ3) is 3.89. The van der Waals surface area contributed by atoms with Crippen LogP contribution in [0.1, 0.15) is 44.6 Å². The second-order valence-corrected chi connectivity index (χ2v) is 5.04. The van der Waals surface area contributed by atoms with Crippen LogP contribution in [0.4, 0.5) is 0 Å². The smallest absolute Gasteiger partial charge is 0.0718 e. The lowest BCUT2D eigenvalue weighted by Gasteiger charge is -2.31. The highest BCUT2D eigenvalue weighted by Crippen LogP contribution is 2.15. The fourth-order valence-corrected chi connectivity index (χ4v) is 2.54. The molecule has 0 radical (unpaired) electrons. The highest BCUT2D eigenvalue weighted by Gasteiger charge is 2.17. The van der Waals surface area contributed by atoms with Crippen molar-refractivity contribution in [2.24, 2.45) is 0 Å². The van der Waals surface area contributed by atoms with Crippen LogP contribution >= 0.6 is 0 Å². The molecule has 0 spiro atoms. The lowest BCUT2D eigenvalue weighted by molar-refractivity contribution is 0.188. The molecule has 1 heteroatoms. The van der Waals surface area contributed by atoms with Crippen LogP contribution in [0, 0.1) is 11.8 Å². The monoisotopic (exact) mass is 241 g/mol. The quantitative estimate of drug-likeness (QED) is 0.729. The maximum Gasteiger partial charge on any atom is 0.0718 e. The number of benzene rings is 1.